The Labute approximate surface area is 197 Å². The summed E-state index contributed by atoms with van der Waals surface area (Å²) in [6.45, 7) is 2.62. The van der Waals surface area contributed by atoms with Crippen LogP contribution in [0.4, 0.5) is 0 Å². The van der Waals surface area contributed by atoms with Gasteiger partial charge >= 0.3 is 11.9 Å². The van der Waals surface area contributed by atoms with E-state index < -0.39 is 17.8 Å². The Morgan fingerprint density at radius 1 is 0.788 bits per heavy atom. The predicted molar refractivity (Wildman–Crippen MR) is 121 cm³/mol. The number of rotatable bonds is 18. The van der Waals surface area contributed by atoms with E-state index in [2.05, 4.69) is 6.92 Å². The summed E-state index contributed by atoms with van der Waals surface area (Å²) in [4.78, 5) is 23.8. The second-order valence-electron chi connectivity index (χ2n) is 10.5. The summed E-state index contributed by atoms with van der Waals surface area (Å²) in [6, 6.07) is 0. The molecule has 33 heavy (non-hydrogen) atoms. The molecule has 0 spiro atoms. The summed E-state index contributed by atoms with van der Waals surface area (Å²) >= 11 is 0. The van der Waals surface area contributed by atoms with Crippen LogP contribution in [-0.4, -0.2) is 47.4 Å². The number of esters is 1. The highest BCUT2D eigenvalue weighted by Gasteiger charge is 2.89. The number of unbranched alkanes of at least 4 members (excludes halogenated alkanes) is 10. The number of aliphatic carboxylic acids is 1. The van der Waals surface area contributed by atoms with Crippen LogP contribution in [0.3, 0.4) is 0 Å². The third kappa shape index (κ3) is 6.29. The van der Waals surface area contributed by atoms with Crippen molar-refractivity contribution in [3.8, 4) is 0 Å². The maximum Gasteiger partial charge on any atom is 0.309 e. The first-order chi connectivity index (χ1) is 16.0. The Bertz CT molecular complexity index is 672. The molecule has 1 saturated carbocycles. The lowest BCUT2D eigenvalue weighted by Crippen LogP contribution is -2.36. The normalized spacial score (nSPS) is 35.4. The molecule has 7 nitrogen and oxygen atoms in total. The Hall–Kier alpha value is -1.18. The smallest absolute Gasteiger partial charge is 0.309 e. The number of hydrogen-bond donors (Lipinski definition) is 1. The van der Waals surface area contributed by atoms with Crippen molar-refractivity contribution in [3.05, 3.63) is 0 Å². The van der Waals surface area contributed by atoms with Crippen molar-refractivity contribution in [3.63, 3.8) is 0 Å². The van der Waals surface area contributed by atoms with Gasteiger partial charge in [-0.3, -0.25) is 9.59 Å². The lowest BCUT2D eigenvalue weighted by Gasteiger charge is -2.24. The fraction of sp³-hybridized carbons (Fsp3) is 0.923. The molecule has 0 aromatic carbocycles. The van der Waals surface area contributed by atoms with Crippen LogP contribution in [0.25, 0.3) is 0 Å². The zero-order chi connectivity index (χ0) is 23.3. The molecule has 4 rings (SSSR count). The molecule has 3 heterocycles. The molecule has 4 unspecified atom stereocenters. The van der Waals surface area contributed by atoms with Crippen LogP contribution in [0.1, 0.15) is 110 Å². The van der Waals surface area contributed by atoms with Gasteiger partial charge in [0.15, 0.2) is 0 Å². The molecule has 0 bridgehead atoms. The van der Waals surface area contributed by atoms with E-state index in [1.807, 2.05) is 0 Å². The molecule has 188 valence electrons. The molecule has 4 atom stereocenters. The van der Waals surface area contributed by atoms with Crippen LogP contribution in [0, 0.1) is 11.8 Å². The van der Waals surface area contributed by atoms with Gasteiger partial charge in [-0.1, -0.05) is 64.7 Å². The second-order valence-corrected chi connectivity index (χ2v) is 10.5. The Morgan fingerprint density at radius 2 is 1.30 bits per heavy atom. The van der Waals surface area contributed by atoms with Gasteiger partial charge in [0.25, 0.3) is 0 Å². The van der Waals surface area contributed by atoms with Crippen molar-refractivity contribution in [1.82, 2.24) is 0 Å². The third-order valence-corrected chi connectivity index (χ3v) is 7.93. The van der Waals surface area contributed by atoms with Crippen molar-refractivity contribution in [2.24, 2.45) is 11.8 Å². The monoisotopic (exact) mass is 466 g/mol. The van der Waals surface area contributed by atoms with Crippen LogP contribution < -0.4 is 0 Å². The standard InChI is InChI=1S/C26H42O7/c1-2-3-4-5-8-11-14-25-26(32-25,33-25)15-12-9-6-7-10-13-16-30-24(29)20-18-22-21(31-22)17-19(20)23(27)28/h19-22H,2-18H2,1H3,(H,27,28). The van der Waals surface area contributed by atoms with E-state index in [1.54, 1.807) is 0 Å². The van der Waals surface area contributed by atoms with Gasteiger partial charge < -0.3 is 24.1 Å². The van der Waals surface area contributed by atoms with Crippen molar-refractivity contribution < 1.29 is 33.6 Å². The zero-order valence-corrected chi connectivity index (χ0v) is 20.2. The average molecular weight is 467 g/mol. The molecule has 1 N–H and O–H groups in total. The summed E-state index contributed by atoms with van der Waals surface area (Å²) in [7, 11) is 0. The van der Waals surface area contributed by atoms with E-state index in [0.717, 1.165) is 38.5 Å². The minimum Gasteiger partial charge on any atom is -0.481 e. The number of hydrogen-bond acceptors (Lipinski definition) is 6. The summed E-state index contributed by atoms with van der Waals surface area (Å²) in [6.07, 6.45) is 17.3. The van der Waals surface area contributed by atoms with Crippen molar-refractivity contribution in [1.29, 1.82) is 0 Å². The first-order valence-corrected chi connectivity index (χ1v) is 13.5. The molecular formula is C26H42O7. The van der Waals surface area contributed by atoms with E-state index in [9.17, 15) is 14.7 Å². The number of ether oxygens (including phenoxy) is 4. The highest BCUT2D eigenvalue weighted by molar-refractivity contribution is 5.81. The van der Waals surface area contributed by atoms with Crippen molar-refractivity contribution in [2.75, 3.05) is 6.61 Å². The number of epoxide rings is 3. The SMILES string of the molecule is CCCCCCCCC12OC1(CCCCCCCCOC(=O)C1CC3OC3CC1C(=O)O)O2. The lowest BCUT2D eigenvalue weighted by molar-refractivity contribution is -0.159. The number of carboxylic acid groups (broad SMARTS) is 1. The fourth-order valence-corrected chi connectivity index (χ4v) is 5.62. The van der Waals surface area contributed by atoms with E-state index in [4.69, 9.17) is 18.9 Å². The van der Waals surface area contributed by atoms with Gasteiger partial charge in [-0.2, -0.15) is 0 Å². The summed E-state index contributed by atoms with van der Waals surface area (Å²) in [5.41, 5.74) is 0. The maximum atomic E-state index is 12.3. The third-order valence-electron chi connectivity index (χ3n) is 7.93. The van der Waals surface area contributed by atoms with Gasteiger partial charge in [-0.25, -0.2) is 0 Å². The van der Waals surface area contributed by atoms with Gasteiger partial charge in [0.1, 0.15) is 0 Å². The molecule has 1 aliphatic carbocycles. The number of carbonyl (C=O) groups excluding carboxylic acids is 1. The number of fused-ring (bicyclic) bond motifs is 2. The van der Waals surface area contributed by atoms with Crippen LogP contribution in [-0.2, 0) is 28.5 Å². The highest BCUT2D eigenvalue weighted by Crippen LogP contribution is 2.72. The first kappa shape index (κ1) is 24.9. The van der Waals surface area contributed by atoms with Gasteiger partial charge in [0.05, 0.1) is 30.7 Å². The molecule has 0 aromatic rings. The van der Waals surface area contributed by atoms with Crippen LogP contribution in [0.5, 0.6) is 0 Å². The van der Waals surface area contributed by atoms with E-state index >= 15 is 0 Å². The summed E-state index contributed by atoms with van der Waals surface area (Å²) < 4.78 is 22.5. The molecule has 4 aliphatic rings. The lowest BCUT2D eigenvalue weighted by atomic mass is 9.79. The molecule has 0 radical (unpaired) electrons. The molecule has 0 amide bonds. The maximum absolute atomic E-state index is 12.3. The fourth-order valence-electron chi connectivity index (χ4n) is 5.62. The number of carbonyl (C=O) groups is 2. The van der Waals surface area contributed by atoms with Gasteiger partial charge in [-0.15, -0.1) is 0 Å². The quantitative estimate of drug-likeness (QED) is 0.165. The predicted octanol–water partition coefficient (Wildman–Crippen LogP) is 5.34. The largest absolute Gasteiger partial charge is 0.481 e. The molecule has 4 fully saturated rings. The summed E-state index contributed by atoms with van der Waals surface area (Å²) in [5.74, 6) is -2.94. The minimum atomic E-state index is -0.918. The molecule has 3 saturated heterocycles. The Morgan fingerprint density at radius 3 is 1.88 bits per heavy atom. The van der Waals surface area contributed by atoms with E-state index in [0.29, 0.717) is 19.4 Å². The van der Waals surface area contributed by atoms with Crippen molar-refractivity contribution in [2.45, 2.75) is 133 Å². The Balaban J connectivity index is 0.958. The van der Waals surface area contributed by atoms with Crippen LogP contribution in [0.2, 0.25) is 0 Å². The molecule has 0 aromatic heterocycles. The van der Waals surface area contributed by atoms with Gasteiger partial charge in [0, 0.05) is 12.8 Å². The zero-order valence-electron chi connectivity index (χ0n) is 20.2. The second kappa shape index (κ2) is 11.0. The highest BCUT2D eigenvalue weighted by atomic mass is 17.0. The van der Waals surface area contributed by atoms with Gasteiger partial charge in [0.2, 0.25) is 11.6 Å². The summed E-state index contributed by atoms with van der Waals surface area (Å²) in [5, 5.41) is 9.37. The van der Waals surface area contributed by atoms with Crippen LogP contribution >= 0.6 is 0 Å². The van der Waals surface area contributed by atoms with E-state index in [-0.39, 0.29) is 29.8 Å². The van der Waals surface area contributed by atoms with Gasteiger partial charge in [-0.05, 0) is 32.1 Å². The number of carboxylic acids is 1. The van der Waals surface area contributed by atoms with Crippen LogP contribution in [0.15, 0.2) is 0 Å². The van der Waals surface area contributed by atoms with E-state index in [1.165, 1.54) is 51.4 Å². The van der Waals surface area contributed by atoms with Crippen molar-refractivity contribution >= 4 is 11.9 Å². The molecule has 7 heteroatoms. The topological polar surface area (TPSA) is 101 Å². The average Bonchev–Trinajstić information content (AvgIpc) is 3.71. The first-order valence-electron chi connectivity index (χ1n) is 13.5. The Kier molecular flexibility index (Phi) is 8.34. The minimum absolute atomic E-state index is 0.0319. The molecular weight excluding hydrogens is 424 g/mol. The molecule has 3 aliphatic heterocycles.